The van der Waals surface area contributed by atoms with Gasteiger partial charge in [-0.3, -0.25) is 4.90 Å². The first-order valence-electron chi connectivity index (χ1n) is 9.59. The maximum Gasteiger partial charge on any atom is 0.411 e. The number of benzene rings is 1. The molecule has 1 heterocycles. The third-order valence-electron chi connectivity index (χ3n) is 4.77. The summed E-state index contributed by atoms with van der Waals surface area (Å²) in [6.07, 6.45) is 1.26. The highest BCUT2D eigenvalue weighted by Gasteiger charge is 2.55. The summed E-state index contributed by atoms with van der Waals surface area (Å²) in [7, 11) is 2.92. The van der Waals surface area contributed by atoms with Crippen molar-refractivity contribution in [2.75, 3.05) is 20.8 Å². The Hall–Kier alpha value is -2.54. The lowest BCUT2D eigenvalue weighted by atomic mass is 9.91. The second kappa shape index (κ2) is 9.31. The van der Waals surface area contributed by atoms with Crippen LogP contribution in [0.5, 0.6) is 5.75 Å². The predicted octanol–water partition coefficient (Wildman–Crippen LogP) is 3.71. The summed E-state index contributed by atoms with van der Waals surface area (Å²) in [4.78, 5) is 27.0. The number of amides is 1. The van der Waals surface area contributed by atoms with E-state index in [1.54, 1.807) is 34.0 Å². The van der Waals surface area contributed by atoms with E-state index < -0.39 is 23.2 Å². The summed E-state index contributed by atoms with van der Waals surface area (Å²) in [5.74, 6) is 0.264. The highest BCUT2D eigenvalue weighted by Crippen LogP contribution is 2.37. The predicted molar refractivity (Wildman–Crippen MR) is 109 cm³/mol. The molecule has 0 N–H and O–H groups in total. The van der Waals surface area contributed by atoms with E-state index in [-0.39, 0.29) is 19.1 Å². The molecule has 0 bridgehead atoms. The number of methoxy groups -OCH3 is 2. The summed E-state index contributed by atoms with van der Waals surface area (Å²) < 4.78 is 21.8. The van der Waals surface area contributed by atoms with Gasteiger partial charge >= 0.3 is 12.1 Å². The molecule has 0 aliphatic carbocycles. The Balaban J connectivity index is 2.19. The second-order valence-electron chi connectivity index (χ2n) is 8.09. The number of esters is 1. The lowest BCUT2D eigenvalue weighted by Gasteiger charge is -2.35. The van der Waals surface area contributed by atoms with Gasteiger partial charge in [0.05, 0.1) is 33.5 Å². The Kier molecular flexibility index (Phi) is 7.30. The maximum atomic E-state index is 12.9. The van der Waals surface area contributed by atoms with Gasteiger partial charge in [0.15, 0.2) is 0 Å². The molecular formula is C22H31NO6. The first kappa shape index (κ1) is 22.7. The normalized spacial score (nSPS) is 21.6. The van der Waals surface area contributed by atoms with Crippen LogP contribution in [-0.2, 0) is 25.6 Å². The quantitative estimate of drug-likeness (QED) is 0.509. The van der Waals surface area contributed by atoms with Crippen LogP contribution in [0.2, 0.25) is 0 Å². The minimum absolute atomic E-state index is 0.230. The molecule has 0 aromatic heterocycles. The SMILES string of the molecule is C=CC[C@]1(C(=O)OC)C[C@@H](OCc2ccc(OC)cc2)CN1C(=O)OC(C)(C)C. The van der Waals surface area contributed by atoms with Crippen molar-refractivity contribution in [1.82, 2.24) is 4.90 Å². The van der Waals surface area contributed by atoms with Crippen LogP contribution < -0.4 is 4.74 Å². The molecule has 0 radical (unpaired) electrons. The second-order valence-corrected chi connectivity index (χ2v) is 8.09. The van der Waals surface area contributed by atoms with Crippen LogP contribution in [0.15, 0.2) is 36.9 Å². The van der Waals surface area contributed by atoms with Crippen LogP contribution in [0.1, 0.15) is 39.2 Å². The molecule has 1 saturated heterocycles. The van der Waals surface area contributed by atoms with E-state index in [4.69, 9.17) is 18.9 Å². The van der Waals surface area contributed by atoms with Crippen molar-refractivity contribution < 1.29 is 28.5 Å². The van der Waals surface area contributed by atoms with E-state index in [9.17, 15) is 9.59 Å². The van der Waals surface area contributed by atoms with Crippen molar-refractivity contribution in [3.05, 3.63) is 42.5 Å². The summed E-state index contributed by atoms with van der Waals surface area (Å²) in [5, 5.41) is 0. The average Bonchev–Trinajstić information content (AvgIpc) is 3.05. The third kappa shape index (κ3) is 5.50. The molecule has 1 aliphatic rings. The lowest BCUT2D eigenvalue weighted by Crippen LogP contribution is -2.54. The van der Waals surface area contributed by atoms with Crippen molar-refractivity contribution in [3.63, 3.8) is 0 Å². The summed E-state index contributed by atoms with van der Waals surface area (Å²) >= 11 is 0. The van der Waals surface area contributed by atoms with Crippen molar-refractivity contribution >= 4 is 12.1 Å². The summed E-state index contributed by atoms with van der Waals surface area (Å²) in [6, 6.07) is 7.54. The minimum Gasteiger partial charge on any atom is -0.497 e. The van der Waals surface area contributed by atoms with Crippen LogP contribution >= 0.6 is 0 Å². The molecule has 0 spiro atoms. The molecule has 0 unspecified atom stereocenters. The van der Waals surface area contributed by atoms with Gasteiger partial charge in [0.1, 0.15) is 16.9 Å². The molecule has 1 aliphatic heterocycles. The van der Waals surface area contributed by atoms with Crippen LogP contribution in [0.4, 0.5) is 4.79 Å². The van der Waals surface area contributed by atoms with Crippen molar-refractivity contribution in [3.8, 4) is 5.75 Å². The van der Waals surface area contributed by atoms with E-state index in [2.05, 4.69) is 6.58 Å². The Morgan fingerprint density at radius 1 is 1.24 bits per heavy atom. The molecule has 7 heteroatoms. The molecule has 29 heavy (non-hydrogen) atoms. The molecular weight excluding hydrogens is 374 g/mol. The molecule has 160 valence electrons. The fourth-order valence-electron chi connectivity index (χ4n) is 3.44. The number of rotatable bonds is 7. The fourth-order valence-corrected chi connectivity index (χ4v) is 3.44. The zero-order chi connectivity index (χ0) is 21.7. The van der Waals surface area contributed by atoms with E-state index in [1.165, 1.54) is 12.0 Å². The van der Waals surface area contributed by atoms with Gasteiger partial charge < -0.3 is 18.9 Å². The molecule has 7 nitrogen and oxygen atoms in total. The molecule has 1 fully saturated rings. The number of hydrogen-bond acceptors (Lipinski definition) is 6. The van der Waals surface area contributed by atoms with Gasteiger partial charge in [-0.2, -0.15) is 0 Å². The molecule has 2 atom stereocenters. The topological polar surface area (TPSA) is 74.3 Å². The highest BCUT2D eigenvalue weighted by molar-refractivity contribution is 5.87. The number of carbonyl (C=O) groups excluding carboxylic acids is 2. The Bertz CT molecular complexity index is 724. The van der Waals surface area contributed by atoms with Crippen LogP contribution in [0, 0.1) is 0 Å². The molecule has 1 amide bonds. The maximum absolute atomic E-state index is 12.9. The number of carbonyl (C=O) groups is 2. The van der Waals surface area contributed by atoms with Gasteiger partial charge in [-0.25, -0.2) is 9.59 Å². The van der Waals surface area contributed by atoms with Crippen molar-refractivity contribution in [2.45, 2.75) is 57.5 Å². The summed E-state index contributed by atoms with van der Waals surface area (Å²) in [5.41, 5.74) is -0.910. The van der Waals surface area contributed by atoms with E-state index in [0.717, 1.165) is 11.3 Å². The van der Waals surface area contributed by atoms with Crippen molar-refractivity contribution in [1.29, 1.82) is 0 Å². The van der Waals surface area contributed by atoms with Gasteiger partial charge in [0.25, 0.3) is 0 Å². The first-order valence-corrected chi connectivity index (χ1v) is 9.59. The Morgan fingerprint density at radius 2 is 1.90 bits per heavy atom. The monoisotopic (exact) mass is 405 g/mol. The Morgan fingerprint density at radius 3 is 2.41 bits per heavy atom. The first-order chi connectivity index (χ1) is 13.6. The zero-order valence-electron chi connectivity index (χ0n) is 17.9. The van der Waals surface area contributed by atoms with Gasteiger partial charge in [0.2, 0.25) is 0 Å². The smallest absolute Gasteiger partial charge is 0.411 e. The van der Waals surface area contributed by atoms with Gasteiger partial charge in [-0.15, -0.1) is 6.58 Å². The van der Waals surface area contributed by atoms with E-state index in [1.807, 2.05) is 24.3 Å². The average molecular weight is 405 g/mol. The van der Waals surface area contributed by atoms with Gasteiger partial charge in [-0.05, 0) is 44.9 Å². The molecule has 1 aromatic carbocycles. The standard InChI is InChI=1S/C22H31NO6/c1-7-12-22(19(24)27-6)13-18(14-23(22)20(25)29-21(2,3)4)28-15-16-8-10-17(26-5)11-9-16/h7-11,18H,1,12-15H2,2-6H3/t18-,22-/m1/s1. The lowest BCUT2D eigenvalue weighted by molar-refractivity contribution is -0.153. The number of nitrogens with zero attached hydrogens (tertiary/aromatic N) is 1. The van der Waals surface area contributed by atoms with Crippen LogP contribution in [0.3, 0.4) is 0 Å². The van der Waals surface area contributed by atoms with E-state index in [0.29, 0.717) is 13.0 Å². The van der Waals surface area contributed by atoms with Gasteiger partial charge in [0, 0.05) is 6.42 Å². The molecule has 0 saturated carbocycles. The molecule has 1 aromatic rings. The van der Waals surface area contributed by atoms with Crippen LogP contribution in [-0.4, -0.2) is 55.0 Å². The fraction of sp³-hybridized carbons (Fsp3) is 0.545. The zero-order valence-corrected chi connectivity index (χ0v) is 17.9. The number of ether oxygens (including phenoxy) is 4. The minimum atomic E-state index is -1.19. The largest absolute Gasteiger partial charge is 0.497 e. The Labute approximate surface area is 172 Å². The van der Waals surface area contributed by atoms with Gasteiger partial charge in [-0.1, -0.05) is 18.2 Å². The highest BCUT2D eigenvalue weighted by atomic mass is 16.6. The van der Waals surface area contributed by atoms with E-state index >= 15 is 0 Å². The molecule has 2 rings (SSSR count). The number of likely N-dealkylation sites (tertiary alicyclic amines) is 1. The number of hydrogen-bond donors (Lipinski definition) is 0. The van der Waals surface area contributed by atoms with Crippen LogP contribution in [0.25, 0.3) is 0 Å². The van der Waals surface area contributed by atoms with Crippen molar-refractivity contribution in [2.24, 2.45) is 0 Å². The third-order valence-corrected chi connectivity index (χ3v) is 4.77. The summed E-state index contributed by atoms with van der Waals surface area (Å²) in [6.45, 7) is 9.68.